The highest BCUT2D eigenvalue weighted by Gasteiger charge is 2.35. The number of nitrogens with one attached hydrogen (secondary N) is 1. The van der Waals surface area contributed by atoms with E-state index in [0.717, 1.165) is 25.2 Å². The van der Waals surface area contributed by atoms with E-state index >= 15 is 0 Å². The molecule has 1 aromatic rings. The summed E-state index contributed by atoms with van der Waals surface area (Å²) in [5, 5.41) is 2.81. The second kappa shape index (κ2) is 7.41. The first-order valence-electron chi connectivity index (χ1n) is 8.68. The Bertz CT molecular complexity index is 658. The number of primary amides is 1. The molecular weight excluding hydrogens is 322 g/mol. The van der Waals surface area contributed by atoms with E-state index in [0.29, 0.717) is 24.5 Å². The molecule has 3 atom stereocenters. The summed E-state index contributed by atoms with van der Waals surface area (Å²) in [6, 6.07) is 5.34. The molecule has 2 aliphatic heterocycles. The summed E-state index contributed by atoms with van der Waals surface area (Å²) < 4.78 is 11.0. The molecule has 0 aliphatic carbocycles. The zero-order valence-electron chi connectivity index (χ0n) is 14.7. The Labute approximate surface area is 147 Å². The molecule has 7 nitrogen and oxygen atoms in total. The monoisotopic (exact) mass is 347 g/mol. The van der Waals surface area contributed by atoms with Crippen molar-refractivity contribution >= 4 is 23.2 Å². The fourth-order valence-electron chi connectivity index (χ4n) is 3.47. The van der Waals surface area contributed by atoms with Crippen molar-refractivity contribution in [3.63, 3.8) is 0 Å². The Balaban J connectivity index is 1.78. The molecule has 2 saturated heterocycles. The van der Waals surface area contributed by atoms with E-state index in [2.05, 4.69) is 10.2 Å². The van der Waals surface area contributed by atoms with E-state index in [1.165, 1.54) is 0 Å². The van der Waals surface area contributed by atoms with Crippen LogP contribution in [0.2, 0.25) is 0 Å². The molecule has 25 heavy (non-hydrogen) atoms. The van der Waals surface area contributed by atoms with E-state index in [4.69, 9.17) is 15.2 Å². The number of nitrogens with two attached hydrogens (primary N) is 1. The predicted molar refractivity (Wildman–Crippen MR) is 94.7 cm³/mol. The van der Waals surface area contributed by atoms with Crippen LogP contribution in [0.25, 0.3) is 0 Å². The molecular formula is C18H25N3O4. The number of carbonyl (C=O) groups excluding carboxylic acids is 2. The molecule has 0 bridgehead atoms. The molecule has 0 aromatic heterocycles. The van der Waals surface area contributed by atoms with E-state index in [9.17, 15) is 9.59 Å². The Morgan fingerprint density at radius 2 is 1.96 bits per heavy atom. The second-order valence-corrected chi connectivity index (χ2v) is 6.76. The number of carbonyl (C=O) groups is 2. The van der Waals surface area contributed by atoms with Crippen LogP contribution in [0.4, 0.5) is 11.4 Å². The Morgan fingerprint density at radius 3 is 2.56 bits per heavy atom. The van der Waals surface area contributed by atoms with Gasteiger partial charge in [-0.05, 0) is 37.5 Å². The molecule has 0 saturated carbocycles. The first-order chi connectivity index (χ1) is 12.0. The number of anilines is 2. The van der Waals surface area contributed by atoms with Crippen LogP contribution in [0.1, 0.15) is 30.6 Å². The first kappa shape index (κ1) is 17.7. The lowest BCUT2D eigenvalue weighted by molar-refractivity contribution is -0.127. The average Bonchev–Trinajstić information content (AvgIpc) is 2.94. The summed E-state index contributed by atoms with van der Waals surface area (Å²) in [5.74, 6) is -0.669. The Hall–Kier alpha value is -2.12. The maximum atomic E-state index is 12.5. The van der Waals surface area contributed by atoms with Gasteiger partial charge in [0.1, 0.15) is 6.10 Å². The number of rotatable bonds is 4. The summed E-state index contributed by atoms with van der Waals surface area (Å²) in [6.45, 7) is 6.77. The summed E-state index contributed by atoms with van der Waals surface area (Å²) in [5.41, 5.74) is 7.15. The molecule has 0 unspecified atom stereocenters. The minimum atomic E-state index is -0.570. The SMILES string of the molecule is C[C@@H]1C[C@H](C)[C@@H](C(=O)Nc2ccc(N3CCOCC3)cc2C(N)=O)O1. The lowest BCUT2D eigenvalue weighted by Gasteiger charge is -2.29. The van der Waals surface area contributed by atoms with Crippen molar-refractivity contribution in [1.29, 1.82) is 0 Å². The minimum absolute atomic E-state index is 0.0602. The fourth-order valence-corrected chi connectivity index (χ4v) is 3.47. The lowest BCUT2D eigenvalue weighted by atomic mass is 10.0. The van der Waals surface area contributed by atoms with Crippen LogP contribution in [0.5, 0.6) is 0 Å². The number of amides is 2. The summed E-state index contributed by atoms with van der Waals surface area (Å²) in [4.78, 5) is 26.5. The summed E-state index contributed by atoms with van der Waals surface area (Å²) in [7, 11) is 0. The first-order valence-corrected chi connectivity index (χ1v) is 8.68. The molecule has 3 rings (SSSR count). The third-order valence-corrected chi connectivity index (χ3v) is 4.76. The van der Waals surface area contributed by atoms with Gasteiger partial charge in [0.2, 0.25) is 0 Å². The van der Waals surface area contributed by atoms with Crippen molar-refractivity contribution in [2.24, 2.45) is 11.7 Å². The van der Waals surface area contributed by atoms with Gasteiger partial charge in [0.25, 0.3) is 11.8 Å². The average molecular weight is 347 g/mol. The Morgan fingerprint density at radius 1 is 1.24 bits per heavy atom. The number of hydrogen-bond acceptors (Lipinski definition) is 5. The number of ether oxygens (including phenoxy) is 2. The summed E-state index contributed by atoms with van der Waals surface area (Å²) >= 11 is 0. The zero-order chi connectivity index (χ0) is 18.0. The van der Waals surface area contributed by atoms with Gasteiger partial charge in [-0.3, -0.25) is 9.59 Å². The number of morpholine rings is 1. The molecule has 1 aromatic carbocycles. The van der Waals surface area contributed by atoms with Crippen LogP contribution >= 0.6 is 0 Å². The molecule has 136 valence electrons. The molecule has 3 N–H and O–H groups in total. The molecule has 0 spiro atoms. The van der Waals surface area contributed by atoms with Crippen molar-refractivity contribution in [3.8, 4) is 0 Å². The standard InChI is InChI=1S/C18H25N3O4/c1-11-9-12(2)25-16(11)18(23)20-15-4-3-13(10-14(15)17(19)22)21-5-7-24-8-6-21/h3-4,10-12,16H,5-9H2,1-2H3,(H2,19,22)(H,20,23)/t11-,12+,16-/m0/s1. The van der Waals surface area contributed by atoms with Gasteiger partial charge in [-0.2, -0.15) is 0 Å². The molecule has 2 aliphatic rings. The van der Waals surface area contributed by atoms with Crippen LogP contribution in [0, 0.1) is 5.92 Å². The smallest absolute Gasteiger partial charge is 0.253 e. The van der Waals surface area contributed by atoms with Gasteiger partial charge in [0.05, 0.1) is 30.6 Å². The highest BCUT2D eigenvalue weighted by molar-refractivity contribution is 6.04. The van der Waals surface area contributed by atoms with Gasteiger partial charge in [-0.25, -0.2) is 0 Å². The third-order valence-electron chi connectivity index (χ3n) is 4.76. The maximum Gasteiger partial charge on any atom is 0.253 e. The van der Waals surface area contributed by atoms with E-state index < -0.39 is 12.0 Å². The van der Waals surface area contributed by atoms with Crippen molar-refractivity contribution in [3.05, 3.63) is 23.8 Å². The third kappa shape index (κ3) is 3.93. The molecule has 0 radical (unpaired) electrons. The molecule has 7 heteroatoms. The van der Waals surface area contributed by atoms with Crippen molar-refractivity contribution in [1.82, 2.24) is 0 Å². The Kier molecular flexibility index (Phi) is 5.24. The lowest BCUT2D eigenvalue weighted by Crippen LogP contribution is -2.36. The minimum Gasteiger partial charge on any atom is -0.378 e. The molecule has 2 heterocycles. The second-order valence-electron chi connectivity index (χ2n) is 6.76. The van der Waals surface area contributed by atoms with E-state index in [-0.39, 0.29) is 17.9 Å². The largest absolute Gasteiger partial charge is 0.378 e. The quantitative estimate of drug-likeness (QED) is 0.858. The van der Waals surface area contributed by atoms with Crippen LogP contribution in [-0.2, 0) is 14.3 Å². The predicted octanol–water partition coefficient (Wildman–Crippen LogP) is 1.37. The highest BCUT2D eigenvalue weighted by Crippen LogP contribution is 2.28. The van der Waals surface area contributed by atoms with Crippen LogP contribution in [0.3, 0.4) is 0 Å². The summed E-state index contributed by atoms with van der Waals surface area (Å²) in [6.07, 6.45) is 0.399. The van der Waals surface area contributed by atoms with Gasteiger partial charge in [0.15, 0.2) is 0 Å². The molecule has 2 fully saturated rings. The van der Waals surface area contributed by atoms with E-state index in [1.807, 2.05) is 19.9 Å². The van der Waals surface area contributed by atoms with Crippen molar-refractivity contribution in [2.45, 2.75) is 32.5 Å². The zero-order valence-corrected chi connectivity index (χ0v) is 14.7. The van der Waals surface area contributed by atoms with Crippen molar-refractivity contribution in [2.75, 3.05) is 36.5 Å². The van der Waals surface area contributed by atoms with Crippen molar-refractivity contribution < 1.29 is 19.1 Å². The van der Waals surface area contributed by atoms with Crippen LogP contribution in [0.15, 0.2) is 18.2 Å². The van der Waals surface area contributed by atoms with Gasteiger partial charge in [-0.1, -0.05) is 6.92 Å². The number of nitrogens with zero attached hydrogens (tertiary/aromatic N) is 1. The number of hydrogen-bond donors (Lipinski definition) is 2. The van der Waals surface area contributed by atoms with Gasteiger partial charge >= 0.3 is 0 Å². The number of benzene rings is 1. The molecule has 2 amide bonds. The van der Waals surface area contributed by atoms with Gasteiger partial charge in [-0.15, -0.1) is 0 Å². The van der Waals surface area contributed by atoms with Gasteiger partial charge in [0, 0.05) is 18.8 Å². The van der Waals surface area contributed by atoms with Crippen LogP contribution < -0.4 is 16.0 Å². The fraction of sp³-hybridized carbons (Fsp3) is 0.556. The highest BCUT2D eigenvalue weighted by atomic mass is 16.5. The van der Waals surface area contributed by atoms with E-state index in [1.54, 1.807) is 12.1 Å². The topological polar surface area (TPSA) is 93.9 Å². The maximum absolute atomic E-state index is 12.5. The van der Waals surface area contributed by atoms with Gasteiger partial charge < -0.3 is 25.4 Å². The van der Waals surface area contributed by atoms with Crippen LogP contribution in [-0.4, -0.2) is 50.3 Å². The normalized spacial score (nSPS) is 26.5.